The first-order valence-electron chi connectivity index (χ1n) is 12.5. The third kappa shape index (κ3) is 9.51. The van der Waals surface area contributed by atoms with E-state index in [0.717, 1.165) is 25.8 Å². The SMILES string of the molecule is C=C/C=C(\C=C/C)N(CCC1CCCCN1)C1CC(=C/C)/C(=C\CC)C1.CC.CC. The summed E-state index contributed by atoms with van der Waals surface area (Å²) in [4.78, 5) is 2.64. The van der Waals surface area contributed by atoms with Crippen molar-refractivity contribution in [3.8, 4) is 0 Å². The van der Waals surface area contributed by atoms with Gasteiger partial charge in [0.1, 0.15) is 0 Å². The van der Waals surface area contributed by atoms with Crippen LogP contribution in [-0.4, -0.2) is 30.1 Å². The summed E-state index contributed by atoms with van der Waals surface area (Å²) in [6.45, 7) is 20.8. The van der Waals surface area contributed by atoms with Crippen LogP contribution in [0.5, 0.6) is 0 Å². The average molecular weight is 415 g/mol. The Morgan fingerprint density at radius 2 is 1.80 bits per heavy atom. The van der Waals surface area contributed by atoms with Crippen LogP contribution in [0.15, 0.2) is 59.9 Å². The first-order chi connectivity index (χ1) is 14.7. The van der Waals surface area contributed by atoms with E-state index < -0.39 is 0 Å². The Morgan fingerprint density at radius 1 is 1.10 bits per heavy atom. The second-order valence-corrected chi connectivity index (χ2v) is 7.47. The second kappa shape index (κ2) is 18.2. The van der Waals surface area contributed by atoms with Gasteiger partial charge in [0.25, 0.3) is 0 Å². The van der Waals surface area contributed by atoms with E-state index in [2.05, 4.69) is 67.9 Å². The molecule has 0 radical (unpaired) electrons. The van der Waals surface area contributed by atoms with E-state index in [4.69, 9.17) is 0 Å². The van der Waals surface area contributed by atoms with Crippen molar-refractivity contribution in [2.45, 2.75) is 105 Å². The van der Waals surface area contributed by atoms with Crippen molar-refractivity contribution in [1.82, 2.24) is 10.2 Å². The zero-order valence-electron chi connectivity index (χ0n) is 21.1. The maximum atomic E-state index is 3.95. The van der Waals surface area contributed by atoms with Gasteiger partial charge in [-0.1, -0.05) is 71.9 Å². The van der Waals surface area contributed by atoms with Gasteiger partial charge in [0.2, 0.25) is 0 Å². The predicted molar refractivity (Wildman–Crippen MR) is 138 cm³/mol. The number of nitrogens with zero attached hydrogens (tertiary/aromatic N) is 1. The molecule has 2 heteroatoms. The van der Waals surface area contributed by atoms with Crippen molar-refractivity contribution in [3.05, 3.63) is 59.9 Å². The molecule has 1 heterocycles. The molecular formula is C28H50N2. The van der Waals surface area contributed by atoms with E-state index in [1.165, 1.54) is 43.5 Å². The Morgan fingerprint density at radius 3 is 2.33 bits per heavy atom. The lowest BCUT2D eigenvalue weighted by molar-refractivity contribution is 0.244. The molecule has 1 saturated carbocycles. The summed E-state index contributed by atoms with van der Waals surface area (Å²) in [6, 6.07) is 1.24. The number of rotatable bonds is 8. The number of allylic oxidation sites excluding steroid dienone is 6. The highest BCUT2D eigenvalue weighted by atomic mass is 15.2. The number of piperidine rings is 1. The zero-order valence-corrected chi connectivity index (χ0v) is 21.1. The van der Waals surface area contributed by atoms with Gasteiger partial charge in [-0.3, -0.25) is 0 Å². The van der Waals surface area contributed by atoms with Gasteiger partial charge in [0, 0.05) is 24.3 Å². The summed E-state index contributed by atoms with van der Waals surface area (Å²) in [7, 11) is 0. The quantitative estimate of drug-likeness (QED) is 0.405. The van der Waals surface area contributed by atoms with Gasteiger partial charge in [0.15, 0.2) is 0 Å². The lowest BCUT2D eigenvalue weighted by Crippen LogP contribution is -2.39. The highest BCUT2D eigenvalue weighted by Crippen LogP contribution is 2.36. The van der Waals surface area contributed by atoms with Gasteiger partial charge >= 0.3 is 0 Å². The molecule has 1 saturated heterocycles. The lowest BCUT2D eigenvalue weighted by atomic mass is 10.0. The van der Waals surface area contributed by atoms with Crippen LogP contribution in [0.1, 0.15) is 93.4 Å². The normalized spacial score (nSPS) is 24.3. The average Bonchev–Trinajstić information content (AvgIpc) is 3.20. The lowest BCUT2D eigenvalue weighted by Gasteiger charge is -2.34. The molecule has 172 valence electrons. The summed E-state index contributed by atoms with van der Waals surface area (Å²) < 4.78 is 0. The molecule has 2 atom stereocenters. The van der Waals surface area contributed by atoms with Gasteiger partial charge < -0.3 is 10.2 Å². The van der Waals surface area contributed by atoms with Crippen molar-refractivity contribution in [1.29, 1.82) is 0 Å². The van der Waals surface area contributed by atoms with Crippen LogP contribution < -0.4 is 5.32 Å². The smallest absolute Gasteiger partial charge is 0.0370 e. The van der Waals surface area contributed by atoms with E-state index in [-0.39, 0.29) is 0 Å². The van der Waals surface area contributed by atoms with Gasteiger partial charge in [-0.25, -0.2) is 0 Å². The number of nitrogens with one attached hydrogen (secondary N) is 1. The Kier molecular flexibility index (Phi) is 17.3. The van der Waals surface area contributed by atoms with Crippen LogP contribution in [-0.2, 0) is 0 Å². The molecule has 0 aromatic carbocycles. The van der Waals surface area contributed by atoms with E-state index in [1.54, 1.807) is 5.57 Å². The van der Waals surface area contributed by atoms with Gasteiger partial charge in [-0.2, -0.15) is 0 Å². The van der Waals surface area contributed by atoms with Crippen LogP contribution in [0, 0.1) is 0 Å². The molecule has 0 amide bonds. The van der Waals surface area contributed by atoms with Gasteiger partial charge in [-0.05, 0) is 82.2 Å². The van der Waals surface area contributed by atoms with Crippen molar-refractivity contribution in [2.75, 3.05) is 13.1 Å². The summed E-state index contributed by atoms with van der Waals surface area (Å²) in [5, 5.41) is 3.71. The van der Waals surface area contributed by atoms with Crippen LogP contribution in [0.4, 0.5) is 0 Å². The van der Waals surface area contributed by atoms with Crippen LogP contribution in [0.25, 0.3) is 0 Å². The fourth-order valence-electron chi connectivity index (χ4n) is 4.35. The molecule has 1 aliphatic heterocycles. The van der Waals surface area contributed by atoms with Crippen molar-refractivity contribution >= 4 is 0 Å². The topological polar surface area (TPSA) is 15.3 Å². The third-order valence-electron chi connectivity index (χ3n) is 5.65. The monoisotopic (exact) mass is 414 g/mol. The van der Waals surface area contributed by atoms with Gasteiger partial charge in [0.05, 0.1) is 0 Å². The fraction of sp³-hybridized carbons (Fsp3) is 0.643. The molecule has 2 aliphatic rings. The van der Waals surface area contributed by atoms with E-state index in [0.29, 0.717) is 12.1 Å². The van der Waals surface area contributed by atoms with Crippen molar-refractivity contribution in [3.63, 3.8) is 0 Å². The second-order valence-electron chi connectivity index (χ2n) is 7.47. The molecule has 30 heavy (non-hydrogen) atoms. The molecule has 1 N–H and O–H groups in total. The molecule has 2 nitrogen and oxygen atoms in total. The van der Waals surface area contributed by atoms with E-state index in [9.17, 15) is 0 Å². The molecule has 0 spiro atoms. The molecule has 0 aromatic rings. The van der Waals surface area contributed by atoms with Crippen molar-refractivity contribution in [2.24, 2.45) is 0 Å². The number of hydrogen-bond donors (Lipinski definition) is 1. The largest absolute Gasteiger partial charge is 0.368 e. The Hall–Kier alpha value is -1.54. The highest BCUT2D eigenvalue weighted by molar-refractivity contribution is 5.38. The molecule has 2 unspecified atom stereocenters. The maximum absolute atomic E-state index is 3.95. The molecule has 0 aromatic heterocycles. The summed E-state index contributed by atoms with van der Waals surface area (Å²) >= 11 is 0. The first kappa shape index (κ1) is 28.5. The highest BCUT2D eigenvalue weighted by Gasteiger charge is 2.29. The Labute approximate surface area is 188 Å². The molecule has 1 aliphatic carbocycles. The van der Waals surface area contributed by atoms with Crippen LogP contribution in [0.2, 0.25) is 0 Å². The van der Waals surface area contributed by atoms with Crippen LogP contribution >= 0.6 is 0 Å². The van der Waals surface area contributed by atoms with Crippen LogP contribution in [0.3, 0.4) is 0 Å². The first-order valence-corrected chi connectivity index (χ1v) is 12.5. The van der Waals surface area contributed by atoms with E-state index >= 15 is 0 Å². The summed E-state index contributed by atoms with van der Waals surface area (Å²) in [6.07, 6.45) is 21.9. The molecule has 0 bridgehead atoms. The summed E-state index contributed by atoms with van der Waals surface area (Å²) in [5.74, 6) is 0. The zero-order chi connectivity index (χ0) is 22.8. The minimum atomic E-state index is 0.560. The predicted octanol–water partition coefficient (Wildman–Crippen LogP) is 7.96. The number of hydrogen-bond acceptors (Lipinski definition) is 2. The fourth-order valence-corrected chi connectivity index (χ4v) is 4.35. The minimum absolute atomic E-state index is 0.560. The van der Waals surface area contributed by atoms with Crippen molar-refractivity contribution < 1.29 is 0 Å². The minimum Gasteiger partial charge on any atom is -0.368 e. The molecule has 2 rings (SSSR count). The summed E-state index contributed by atoms with van der Waals surface area (Å²) in [5.41, 5.74) is 4.40. The standard InChI is InChI=1S/C24H38N2.2C2H6/c1-5-11-21-19-24(18-20(21)8-4)26(23(12-6-2)13-7-3)17-15-22-14-9-10-16-25-22;2*1-2/h6-8,11-13,22,24-25H,2,5,9-10,14-19H2,1,3-4H3;2*1-2H3/b13-7-,20-8-,21-11-,23-12+;;. The third-order valence-corrected chi connectivity index (χ3v) is 5.65. The Balaban J connectivity index is 0.00000198. The van der Waals surface area contributed by atoms with Gasteiger partial charge in [-0.15, -0.1) is 0 Å². The maximum Gasteiger partial charge on any atom is 0.0370 e. The molecular weight excluding hydrogens is 364 g/mol. The van der Waals surface area contributed by atoms with E-state index in [1.807, 2.05) is 33.8 Å². The molecule has 2 fully saturated rings. The Bertz CT molecular complexity index is 559.